The summed E-state index contributed by atoms with van der Waals surface area (Å²) in [6.45, 7) is 7.02. The minimum atomic E-state index is -1.21. The molecule has 2 aliphatic heterocycles. The number of nitrogens with zero attached hydrogens (tertiary/aromatic N) is 2. The minimum Gasteiger partial charge on any atom is -0.508 e. The second-order valence-electron chi connectivity index (χ2n) is 10.2. The van der Waals surface area contributed by atoms with Gasteiger partial charge in [-0.25, -0.2) is 4.79 Å². The molecule has 1 amide bonds. The lowest BCUT2D eigenvalue weighted by Gasteiger charge is -2.37. The van der Waals surface area contributed by atoms with Gasteiger partial charge in [-0.3, -0.25) is 4.79 Å². The van der Waals surface area contributed by atoms with Crippen molar-refractivity contribution in [3.63, 3.8) is 0 Å². The quantitative estimate of drug-likeness (QED) is 0.294. The Kier molecular flexibility index (Phi) is 6.02. The Labute approximate surface area is 233 Å². The van der Waals surface area contributed by atoms with E-state index in [1.165, 1.54) is 0 Å². The van der Waals surface area contributed by atoms with Crippen LogP contribution >= 0.6 is 0 Å². The number of amides is 1. The fourth-order valence-electron chi connectivity index (χ4n) is 5.68. The van der Waals surface area contributed by atoms with Gasteiger partial charge in [0, 0.05) is 59.8 Å². The molecule has 1 spiro atoms. The van der Waals surface area contributed by atoms with E-state index >= 15 is 0 Å². The number of carbonyl (C=O) groups is 2. The number of phenols is 1. The highest BCUT2D eigenvalue weighted by atomic mass is 16.6. The SMILES string of the molecule is CCN(CC)C(=O)c1ccc2c(c1)C(=O)OC21c2ccc(C)cc2Oc2cc(N(C)c3ccc(O)cc3)ccc21. The average molecular weight is 535 g/mol. The van der Waals surface area contributed by atoms with E-state index in [0.717, 1.165) is 22.5 Å². The second-order valence-corrected chi connectivity index (χ2v) is 10.2. The van der Waals surface area contributed by atoms with Crippen molar-refractivity contribution in [2.24, 2.45) is 0 Å². The van der Waals surface area contributed by atoms with Crippen LogP contribution in [-0.2, 0) is 10.3 Å². The van der Waals surface area contributed by atoms with E-state index in [0.29, 0.717) is 46.8 Å². The van der Waals surface area contributed by atoms with Crippen molar-refractivity contribution in [3.8, 4) is 17.2 Å². The molecular formula is C33H30N2O5. The third kappa shape index (κ3) is 3.80. The Morgan fingerprint density at radius 2 is 1.45 bits per heavy atom. The summed E-state index contributed by atoms with van der Waals surface area (Å²) in [7, 11) is 1.93. The Morgan fingerprint density at radius 3 is 2.15 bits per heavy atom. The largest absolute Gasteiger partial charge is 0.508 e. The molecule has 0 saturated heterocycles. The first-order chi connectivity index (χ1) is 19.3. The first-order valence-electron chi connectivity index (χ1n) is 13.4. The van der Waals surface area contributed by atoms with Crippen LogP contribution in [0.2, 0.25) is 0 Å². The van der Waals surface area contributed by atoms with Gasteiger partial charge in [-0.2, -0.15) is 0 Å². The van der Waals surface area contributed by atoms with Gasteiger partial charge in [0.1, 0.15) is 17.2 Å². The normalized spacial score (nSPS) is 16.4. The van der Waals surface area contributed by atoms with Crippen LogP contribution in [-0.4, -0.2) is 42.0 Å². The summed E-state index contributed by atoms with van der Waals surface area (Å²) in [5.41, 5.74) is 4.52. The van der Waals surface area contributed by atoms with Crippen LogP contribution in [0.4, 0.5) is 11.4 Å². The van der Waals surface area contributed by atoms with Gasteiger partial charge < -0.3 is 24.4 Å². The number of benzene rings is 4. The van der Waals surface area contributed by atoms with E-state index in [1.807, 2.05) is 87.3 Å². The molecule has 1 N–H and O–H groups in total. The van der Waals surface area contributed by atoms with E-state index in [-0.39, 0.29) is 11.7 Å². The number of esters is 1. The minimum absolute atomic E-state index is 0.119. The number of aromatic hydroxyl groups is 1. The lowest BCUT2D eigenvalue weighted by atomic mass is 9.77. The van der Waals surface area contributed by atoms with Gasteiger partial charge in [-0.05, 0) is 80.9 Å². The lowest BCUT2D eigenvalue weighted by Crippen LogP contribution is -2.33. The summed E-state index contributed by atoms with van der Waals surface area (Å²) in [4.78, 5) is 30.3. The van der Waals surface area contributed by atoms with Gasteiger partial charge in [0.25, 0.3) is 5.91 Å². The lowest BCUT2D eigenvalue weighted by molar-refractivity contribution is 0.0224. The topological polar surface area (TPSA) is 79.3 Å². The molecule has 0 aromatic heterocycles. The molecule has 7 heteroatoms. The van der Waals surface area contributed by atoms with Crippen molar-refractivity contribution in [1.82, 2.24) is 4.90 Å². The standard InChI is InChI=1S/C33H30N2O5/c1-5-35(6-2)31(37)21-8-15-26-25(18-21)32(38)40-33(26)27-14-7-20(3)17-29(27)39-30-19-23(11-16-28(30)33)34(4)22-9-12-24(36)13-10-22/h7-19,36H,5-6H2,1-4H3. The molecule has 0 radical (unpaired) electrons. The van der Waals surface area contributed by atoms with Crippen LogP contribution < -0.4 is 9.64 Å². The van der Waals surface area contributed by atoms with E-state index < -0.39 is 11.6 Å². The van der Waals surface area contributed by atoms with E-state index in [2.05, 4.69) is 0 Å². The summed E-state index contributed by atoms with van der Waals surface area (Å²) in [5, 5.41) is 9.70. The second kappa shape index (κ2) is 9.45. The van der Waals surface area contributed by atoms with E-state index in [4.69, 9.17) is 9.47 Å². The first-order valence-corrected chi connectivity index (χ1v) is 13.4. The van der Waals surface area contributed by atoms with E-state index in [1.54, 1.807) is 29.2 Å². The number of rotatable bonds is 5. The predicted molar refractivity (Wildman–Crippen MR) is 153 cm³/mol. The number of fused-ring (bicyclic) bond motifs is 6. The molecule has 202 valence electrons. The zero-order valence-electron chi connectivity index (χ0n) is 22.9. The molecule has 1 atom stereocenters. The van der Waals surface area contributed by atoms with Crippen LogP contribution in [0.1, 0.15) is 56.8 Å². The maximum absolute atomic E-state index is 13.5. The Balaban J connectivity index is 1.51. The van der Waals surface area contributed by atoms with Crippen LogP contribution in [0.5, 0.6) is 17.2 Å². The Hall–Kier alpha value is -4.78. The van der Waals surface area contributed by atoms with E-state index in [9.17, 15) is 14.7 Å². The maximum atomic E-state index is 13.5. The molecule has 0 aliphatic carbocycles. The van der Waals surface area contributed by atoms with Crippen LogP contribution in [0.15, 0.2) is 78.9 Å². The van der Waals surface area contributed by atoms with Crippen LogP contribution in [0.25, 0.3) is 0 Å². The van der Waals surface area contributed by atoms with Crippen molar-refractivity contribution in [3.05, 3.63) is 112 Å². The zero-order valence-corrected chi connectivity index (χ0v) is 22.9. The van der Waals surface area contributed by atoms with Crippen molar-refractivity contribution in [2.75, 3.05) is 25.0 Å². The first kappa shape index (κ1) is 25.5. The molecule has 7 nitrogen and oxygen atoms in total. The predicted octanol–water partition coefficient (Wildman–Crippen LogP) is 6.52. The summed E-state index contributed by atoms with van der Waals surface area (Å²) in [6, 6.07) is 23.9. The average Bonchev–Trinajstić information content (AvgIpc) is 3.25. The summed E-state index contributed by atoms with van der Waals surface area (Å²) < 4.78 is 12.8. The van der Waals surface area contributed by atoms with Gasteiger partial charge in [-0.1, -0.05) is 18.2 Å². The number of hydrogen-bond acceptors (Lipinski definition) is 6. The number of phenolic OH excluding ortho intramolecular Hbond substituents is 1. The highest BCUT2D eigenvalue weighted by molar-refractivity contribution is 6.01. The molecule has 2 aliphatic rings. The highest BCUT2D eigenvalue weighted by Crippen LogP contribution is 2.56. The fourth-order valence-corrected chi connectivity index (χ4v) is 5.68. The molecule has 40 heavy (non-hydrogen) atoms. The number of carbonyl (C=O) groups excluding carboxylic acids is 2. The van der Waals surface area contributed by atoms with Crippen molar-refractivity contribution in [2.45, 2.75) is 26.4 Å². The molecule has 2 heterocycles. The fraction of sp³-hybridized carbons (Fsp3) is 0.212. The molecule has 0 bridgehead atoms. The van der Waals surface area contributed by atoms with Crippen molar-refractivity contribution >= 4 is 23.3 Å². The number of hydrogen-bond donors (Lipinski definition) is 1. The van der Waals surface area contributed by atoms with Crippen molar-refractivity contribution in [1.29, 1.82) is 0 Å². The van der Waals surface area contributed by atoms with Gasteiger partial charge in [0.2, 0.25) is 0 Å². The Morgan fingerprint density at radius 1 is 0.825 bits per heavy atom. The molecule has 4 aromatic carbocycles. The van der Waals surface area contributed by atoms with Crippen LogP contribution in [0.3, 0.4) is 0 Å². The van der Waals surface area contributed by atoms with Gasteiger partial charge in [-0.15, -0.1) is 0 Å². The zero-order chi connectivity index (χ0) is 28.2. The number of aryl methyl sites for hydroxylation is 1. The van der Waals surface area contributed by atoms with Crippen LogP contribution in [0, 0.1) is 6.92 Å². The third-order valence-corrected chi connectivity index (χ3v) is 7.87. The Bertz CT molecular complexity index is 1660. The summed E-state index contributed by atoms with van der Waals surface area (Å²) >= 11 is 0. The third-order valence-electron chi connectivity index (χ3n) is 7.87. The molecule has 1 unspecified atom stereocenters. The summed E-state index contributed by atoms with van der Waals surface area (Å²) in [6.07, 6.45) is 0. The van der Waals surface area contributed by atoms with Gasteiger partial charge >= 0.3 is 5.97 Å². The molecule has 0 saturated carbocycles. The smallest absolute Gasteiger partial charge is 0.340 e. The summed E-state index contributed by atoms with van der Waals surface area (Å²) in [5.74, 6) is 0.787. The van der Waals surface area contributed by atoms with Gasteiger partial charge in [0.05, 0.1) is 5.56 Å². The monoisotopic (exact) mass is 534 g/mol. The number of anilines is 2. The maximum Gasteiger partial charge on any atom is 0.340 e. The van der Waals surface area contributed by atoms with Crippen molar-refractivity contribution < 1.29 is 24.2 Å². The van der Waals surface area contributed by atoms with Gasteiger partial charge in [0.15, 0.2) is 5.60 Å². The molecule has 6 rings (SSSR count). The molecule has 4 aromatic rings. The molecule has 0 fully saturated rings. The highest BCUT2D eigenvalue weighted by Gasteiger charge is 2.53. The molecular weight excluding hydrogens is 504 g/mol. The number of ether oxygens (including phenoxy) is 2.